The molecule has 1 N–H and O–H groups in total. The molecule has 0 aliphatic carbocycles. The Bertz CT molecular complexity index is 424. The number of hydrogen-bond acceptors (Lipinski definition) is 2. The topological polar surface area (TPSA) is 61.1 Å². The van der Waals surface area contributed by atoms with Crippen LogP contribution in [0.4, 0.5) is 0 Å². The number of carboxylic acid groups (broad SMARTS) is 1. The predicted molar refractivity (Wildman–Crippen MR) is 52.7 cm³/mol. The molecule has 14 heavy (non-hydrogen) atoms. The second-order valence-corrected chi connectivity index (χ2v) is 3.16. The number of carbonyl (C=O) groups is 1. The van der Waals surface area contributed by atoms with E-state index in [-0.39, 0.29) is 22.0 Å². The van der Waals surface area contributed by atoms with Crippen LogP contribution < -0.4 is 0 Å². The first kappa shape index (κ1) is 10.8. The summed E-state index contributed by atoms with van der Waals surface area (Å²) in [7, 11) is 0. The van der Waals surface area contributed by atoms with E-state index in [0.717, 1.165) is 0 Å². The Labute approximate surface area is 90.5 Å². The third-order valence-corrected chi connectivity index (χ3v) is 2.43. The van der Waals surface area contributed by atoms with Crippen LogP contribution in [0.3, 0.4) is 0 Å². The summed E-state index contributed by atoms with van der Waals surface area (Å²) in [4.78, 5) is 10.7. The van der Waals surface area contributed by atoms with Crippen LogP contribution in [-0.4, -0.2) is 11.1 Å². The van der Waals surface area contributed by atoms with Crippen LogP contribution in [0, 0.1) is 11.3 Å². The fourth-order valence-electron chi connectivity index (χ4n) is 1.01. The highest BCUT2D eigenvalue weighted by Crippen LogP contribution is 2.25. The molecule has 1 aromatic carbocycles. The lowest BCUT2D eigenvalue weighted by Gasteiger charge is -2.04. The van der Waals surface area contributed by atoms with Gasteiger partial charge >= 0.3 is 5.97 Å². The number of alkyl halides is 1. The molecule has 1 aromatic rings. The molecule has 0 fully saturated rings. The van der Waals surface area contributed by atoms with E-state index in [1.165, 1.54) is 12.1 Å². The third-order valence-electron chi connectivity index (χ3n) is 1.71. The fourth-order valence-corrected chi connectivity index (χ4v) is 1.57. The number of aromatic carboxylic acids is 1. The number of nitrogens with zero attached hydrogens (tertiary/aromatic N) is 1. The van der Waals surface area contributed by atoms with Gasteiger partial charge in [-0.15, -0.1) is 11.6 Å². The second-order valence-electron chi connectivity index (χ2n) is 2.51. The Morgan fingerprint density at radius 2 is 2.21 bits per heavy atom. The smallest absolute Gasteiger partial charge is 0.337 e. The molecule has 0 atom stereocenters. The molecule has 72 valence electrons. The molecule has 0 heterocycles. The Morgan fingerprint density at radius 1 is 1.57 bits per heavy atom. The predicted octanol–water partition coefficient (Wildman–Crippen LogP) is 2.65. The van der Waals surface area contributed by atoms with Crippen molar-refractivity contribution in [1.29, 1.82) is 5.26 Å². The van der Waals surface area contributed by atoms with E-state index in [1.807, 2.05) is 0 Å². The number of carboxylic acids is 1. The quantitative estimate of drug-likeness (QED) is 0.794. The minimum atomic E-state index is -1.18. The zero-order valence-electron chi connectivity index (χ0n) is 6.92. The minimum Gasteiger partial charge on any atom is -0.478 e. The summed E-state index contributed by atoms with van der Waals surface area (Å²) in [6.07, 6.45) is 0. The Morgan fingerprint density at radius 3 is 2.64 bits per heavy atom. The highest BCUT2D eigenvalue weighted by molar-refractivity contribution is 6.33. The van der Waals surface area contributed by atoms with Gasteiger partial charge in [0.05, 0.1) is 16.1 Å². The van der Waals surface area contributed by atoms with Gasteiger partial charge in [0.2, 0.25) is 0 Å². The van der Waals surface area contributed by atoms with Crippen molar-refractivity contribution >= 4 is 29.2 Å². The molecule has 0 unspecified atom stereocenters. The fraction of sp³-hybridized carbons (Fsp3) is 0.111. The van der Waals surface area contributed by atoms with Crippen molar-refractivity contribution < 1.29 is 9.90 Å². The molecule has 1 rings (SSSR count). The molecular formula is C9H5Cl2NO2. The highest BCUT2D eigenvalue weighted by atomic mass is 35.5. The van der Waals surface area contributed by atoms with Crippen LogP contribution in [0.15, 0.2) is 12.1 Å². The first-order chi connectivity index (χ1) is 6.61. The molecule has 5 heteroatoms. The monoisotopic (exact) mass is 229 g/mol. The van der Waals surface area contributed by atoms with Crippen LogP contribution in [0.25, 0.3) is 0 Å². The van der Waals surface area contributed by atoms with E-state index in [4.69, 9.17) is 33.6 Å². The lowest BCUT2D eigenvalue weighted by Crippen LogP contribution is -2.01. The van der Waals surface area contributed by atoms with Gasteiger partial charge in [-0.05, 0) is 11.6 Å². The molecule has 0 spiro atoms. The summed E-state index contributed by atoms with van der Waals surface area (Å²) in [6.45, 7) is 0. The van der Waals surface area contributed by atoms with Crippen molar-refractivity contribution in [2.75, 3.05) is 0 Å². The van der Waals surface area contributed by atoms with Gasteiger partial charge in [0.1, 0.15) is 6.07 Å². The van der Waals surface area contributed by atoms with E-state index < -0.39 is 5.97 Å². The lowest BCUT2D eigenvalue weighted by molar-refractivity contribution is 0.0696. The maximum absolute atomic E-state index is 10.7. The average molecular weight is 230 g/mol. The van der Waals surface area contributed by atoms with Gasteiger partial charge in [0.15, 0.2) is 0 Å². The van der Waals surface area contributed by atoms with E-state index in [1.54, 1.807) is 6.07 Å². The summed E-state index contributed by atoms with van der Waals surface area (Å²) >= 11 is 11.3. The first-order valence-electron chi connectivity index (χ1n) is 3.62. The molecule has 0 bridgehead atoms. The van der Waals surface area contributed by atoms with Gasteiger partial charge in [-0.3, -0.25) is 0 Å². The zero-order chi connectivity index (χ0) is 10.7. The van der Waals surface area contributed by atoms with E-state index in [2.05, 4.69) is 0 Å². The second kappa shape index (κ2) is 4.32. The van der Waals surface area contributed by atoms with Crippen molar-refractivity contribution in [2.45, 2.75) is 5.88 Å². The SMILES string of the molecule is N#Cc1c(C(=O)O)ccc(CCl)c1Cl. The van der Waals surface area contributed by atoms with Crippen molar-refractivity contribution in [3.8, 4) is 6.07 Å². The summed E-state index contributed by atoms with van der Waals surface area (Å²) in [5, 5.41) is 17.6. The van der Waals surface area contributed by atoms with E-state index in [9.17, 15) is 4.79 Å². The van der Waals surface area contributed by atoms with Crippen molar-refractivity contribution in [2.24, 2.45) is 0 Å². The Balaban J connectivity index is 3.45. The number of hydrogen-bond donors (Lipinski definition) is 1. The van der Waals surface area contributed by atoms with Crippen LogP contribution in [0.1, 0.15) is 21.5 Å². The molecule has 0 saturated heterocycles. The minimum absolute atomic E-state index is 0.0442. The summed E-state index contributed by atoms with van der Waals surface area (Å²) < 4.78 is 0. The molecule has 0 radical (unpaired) electrons. The van der Waals surface area contributed by atoms with Gasteiger partial charge in [-0.1, -0.05) is 17.7 Å². The van der Waals surface area contributed by atoms with Gasteiger partial charge in [-0.25, -0.2) is 4.79 Å². The normalized spacial score (nSPS) is 9.50. The van der Waals surface area contributed by atoms with Crippen molar-refractivity contribution in [3.05, 3.63) is 33.8 Å². The lowest BCUT2D eigenvalue weighted by atomic mass is 10.1. The maximum atomic E-state index is 10.7. The summed E-state index contributed by atoms with van der Waals surface area (Å²) in [5.41, 5.74) is 0.401. The van der Waals surface area contributed by atoms with E-state index in [0.29, 0.717) is 5.56 Å². The maximum Gasteiger partial charge on any atom is 0.337 e. The van der Waals surface area contributed by atoms with Gasteiger partial charge in [-0.2, -0.15) is 5.26 Å². The van der Waals surface area contributed by atoms with Gasteiger partial charge in [0.25, 0.3) is 0 Å². The molecule has 0 aromatic heterocycles. The largest absolute Gasteiger partial charge is 0.478 e. The average Bonchev–Trinajstić information content (AvgIpc) is 2.17. The van der Waals surface area contributed by atoms with Crippen LogP contribution >= 0.6 is 23.2 Å². The number of halogens is 2. The van der Waals surface area contributed by atoms with Gasteiger partial charge < -0.3 is 5.11 Å². The van der Waals surface area contributed by atoms with Crippen molar-refractivity contribution in [1.82, 2.24) is 0 Å². The first-order valence-corrected chi connectivity index (χ1v) is 4.53. The molecule has 0 saturated carbocycles. The van der Waals surface area contributed by atoms with Gasteiger partial charge in [0, 0.05) is 5.88 Å². The molecule has 0 aliphatic heterocycles. The summed E-state index contributed by atoms with van der Waals surface area (Å²) in [5.74, 6) is -1.03. The van der Waals surface area contributed by atoms with Crippen molar-refractivity contribution in [3.63, 3.8) is 0 Å². The Hall–Kier alpha value is -1.24. The third kappa shape index (κ3) is 1.82. The zero-order valence-corrected chi connectivity index (χ0v) is 8.43. The van der Waals surface area contributed by atoms with Crippen LogP contribution in [0.2, 0.25) is 5.02 Å². The Kier molecular flexibility index (Phi) is 3.34. The standard InChI is InChI=1S/C9H5Cl2NO2/c10-3-5-1-2-6(9(13)14)7(4-12)8(5)11/h1-2H,3H2,(H,13,14). The highest BCUT2D eigenvalue weighted by Gasteiger charge is 2.15. The van der Waals surface area contributed by atoms with E-state index >= 15 is 0 Å². The number of benzene rings is 1. The van der Waals surface area contributed by atoms with Crippen LogP contribution in [-0.2, 0) is 5.88 Å². The number of rotatable bonds is 2. The molecule has 0 aliphatic rings. The molecule has 0 amide bonds. The summed E-state index contributed by atoms with van der Waals surface area (Å²) in [6, 6.07) is 4.57. The molecule has 3 nitrogen and oxygen atoms in total. The van der Waals surface area contributed by atoms with Crippen LogP contribution in [0.5, 0.6) is 0 Å². The molecular weight excluding hydrogens is 225 g/mol. The number of nitriles is 1.